The SMILES string of the molecule is CCN(CC)CC(=O)Nc1cc(C)nc2ccccc12. The summed E-state index contributed by atoms with van der Waals surface area (Å²) in [5.74, 6) is 0.0180. The number of anilines is 1. The lowest BCUT2D eigenvalue weighted by atomic mass is 10.1. The van der Waals surface area contributed by atoms with Crippen LogP contribution in [0.15, 0.2) is 30.3 Å². The minimum atomic E-state index is 0.0180. The first kappa shape index (κ1) is 14.5. The van der Waals surface area contributed by atoms with Crippen LogP contribution in [0.4, 0.5) is 5.69 Å². The first-order valence-electron chi connectivity index (χ1n) is 7.02. The van der Waals surface area contributed by atoms with E-state index in [0.717, 1.165) is 35.4 Å². The molecule has 1 heterocycles. The van der Waals surface area contributed by atoms with Crippen molar-refractivity contribution < 1.29 is 4.79 Å². The number of pyridine rings is 1. The molecule has 4 nitrogen and oxygen atoms in total. The second-order valence-corrected chi connectivity index (χ2v) is 4.84. The minimum Gasteiger partial charge on any atom is -0.324 e. The van der Waals surface area contributed by atoms with E-state index in [4.69, 9.17) is 0 Å². The zero-order chi connectivity index (χ0) is 14.5. The van der Waals surface area contributed by atoms with Crippen LogP contribution in [0.3, 0.4) is 0 Å². The molecule has 0 radical (unpaired) electrons. The number of rotatable bonds is 5. The molecule has 4 heteroatoms. The number of hydrogen-bond acceptors (Lipinski definition) is 3. The zero-order valence-electron chi connectivity index (χ0n) is 12.3. The highest BCUT2D eigenvalue weighted by atomic mass is 16.2. The molecule has 1 aromatic carbocycles. The summed E-state index contributed by atoms with van der Waals surface area (Å²) >= 11 is 0. The summed E-state index contributed by atoms with van der Waals surface area (Å²) in [7, 11) is 0. The highest BCUT2D eigenvalue weighted by molar-refractivity contribution is 6.01. The van der Waals surface area contributed by atoms with E-state index in [-0.39, 0.29) is 5.91 Å². The molecule has 1 aromatic heterocycles. The highest BCUT2D eigenvalue weighted by Gasteiger charge is 2.10. The van der Waals surface area contributed by atoms with Crippen molar-refractivity contribution in [3.63, 3.8) is 0 Å². The number of hydrogen-bond donors (Lipinski definition) is 1. The fourth-order valence-electron chi connectivity index (χ4n) is 2.25. The molecule has 0 saturated carbocycles. The lowest BCUT2D eigenvalue weighted by Crippen LogP contribution is -2.33. The number of carbonyl (C=O) groups excluding carboxylic acids is 1. The monoisotopic (exact) mass is 271 g/mol. The number of benzene rings is 1. The fourth-order valence-corrected chi connectivity index (χ4v) is 2.25. The Hall–Kier alpha value is -1.94. The molecule has 0 aliphatic carbocycles. The summed E-state index contributed by atoms with van der Waals surface area (Å²) in [5, 5.41) is 3.98. The van der Waals surface area contributed by atoms with Crippen LogP contribution in [0, 0.1) is 6.92 Å². The van der Waals surface area contributed by atoms with Gasteiger partial charge in [-0.25, -0.2) is 0 Å². The number of fused-ring (bicyclic) bond motifs is 1. The largest absolute Gasteiger partial charge is 0.324 e. The Kier molecular flexibility index (Phi) is 4.69. The Labute approximate surface area is 119 Å². The van der Waals surface area contributed by atoms with E-state index in [9.17, 15) is 4.79 Å². The molecule has 106 valence electrons. The first-order chi connectivity index (χ1) is 9.63. The normalized spacial score (nSPS) is 11.0. The van der Waals surface area contributed by atoms with Gasteiger partial charge in [-0.15, -0.1) is 0 Å². The number of nitrogens with zero attached hydrogens (tertiary/aromatic N) is 2. The van der Waals surface area contributed by atoms with Crippen molar-refractivity contribution in [3.8, 4) is 0 Å². The van der Waals surface area contributed by atoms with E-state index in [1.165, 1.54) is 0 Å². The molecule has 20 heavy (non-hydrogen) atoms. The van der Waals surface area contributed by atoms with E-state index in [1.807, 2.05) is 37.3 Å². The summed E-state index contributed by atoms with van der Waals surface area (Å²) in [6.45, 7) is 8.22. The predicted molar refractivity (Wildman–Crippen MR) is 82.9 cm³/mol. The Morgan fingerprint density at radius 1 is 1.25 bits per heavy atom. The maximum absolute atomic E-state index is 12.1. The van der Waals surface area contributed by atoms with Gasteiger partial charge in [0.1, 0.15) is 0 Å². The average molecular weight is 271 g/mol. The van der Waals surface area contributed by atoms with E-state index in [1.54, 1.807) is 0 Å². The molecule has 1 amide bonds. The van der Waals surface area contributed by atoms with Crippen molar-refractivity contribution in [2.45, 2.75) is 20.8 Å². The van der Waals surface area contributed by atoms with Gasteiger partial charge < -0.3 is 5.32 Å². The van der Waals surface area contributed by atoms with Crippen LogP contribution in [-0.2, 0) is 4.79 Å². The van der Waals surface area contributed by atoms with Crippen molar-refractivity contribution in [1.82, 2.24) is 9.88 Å². The molecule has 2 aromatic rings. The van der Waals surface area contributed by atoms with Gasteiger partial charge in [0.2, 0.25) is 5.91 Å². The average Bonchev–Trinajstić information content (AvgIpc) is 2.44. The molecule has 2 rings (SSSR count). The van der Waals surface area contributed by atoms with E-state index < -0.39 is 0 Å². The molecule has 0 aliphatic heterocycles. The number of para-hydroxylation sites is 1. The van der Waals surface area contributed by atoms with Gasteiger partial charge in [0.25, 0.3) is 0 Å². The molecular weight excluding hydrogens is 250 g/mol. The molecule has 0 unspecified atom stereocenters. The molecule has 0 saturated heterocycles. The lowest BCUT2D eigenvalue weighted by molar-refractivity contribution is -0.117. The van der Waals surface area contributed by atoms with Gasteiger partial charge in [0.05, 0.1) is 17.7 Å². The Bertz CT molecular complexity index is 606. The molecule has 0 bridgehead atoms. The van der Waals surface area contributed by atoms with Gasteiger partial charge in [0.15, 0.2) is 0 Å². The third-order valence-electron chi connectivity index (χ3n) is 3.38. The van der Waals surface area contributed by atoms with Crippen molar-refractivity contribution in [3.05, 3.63) is 36.0 Å². The van der Waals surface area contributed by atoms with Crippen molar-refractivity contribution in [1.29, 1.82) is 0 Å². The summed E-state index contributed by atoms with van der Waals surface area (Å²) < 4.78 is 0. The number of carbonyl (C=O) groups is 1. The molecule has 1 N–H and O–H groups in total. The van der Waals surface area contributed by atoms with Crippen LogP contribution in [0.5, 0.6) is 0 Å². The van der Waals surface area contributed by atoms with E-state index in [0.29, 0.717) is 6.54 Å². The minimum absolute atomic E-state index is 0.0180. The van der Waals surface area contributed by atoms with Gasteiger partial charge in [-0.05, 0) is 32.1 Å². The van der Waals surface area contributed by atoms with Gasteiger partial charge >= 0.3 is 0 Å². The molecule has 0 atom stereocenters. The van der Waals surface area contributed by atoms with E-state index >= 15 is 0 Å². The Morgan fingerprint density at radius 3 is 2.65 bits per heavy atom. The Morgan fingerprint density at radius 2 is 1.95 bits per heavy atom. The third kappa shape index (κ3) is 3.33. The molecular formula is C16H21N3O. The van der Waals surface area contributed by atoms with Crippen LogP contribution in [0.2, 0.25) is 0 Å². The quantitative estimate of drug-likeness (QED) is 0.909. The van der Waals surface area contributed by atoms with Crippen molar-refractivity contribution in [2.75, 3.05) is 25.0 Å². The number of nitrogens with one attached hydrogen (secondary N) is 1. The third-order valence-corrected chi connectivity index (χ3v) is 3.38. The van der Waals surface area contributed by atoms with Crippen molar-refractivity contribution >= 4 is 22.5 Å². The summed E-state index contributed by atoms with van der Waals surface area (Å²) in [4.78, 5) is 18.7. The lowest BCUT2D eigenvalue weighted by Gasteiger charge is -2.17. The number of likely N-dealkylation sites (N-methyl/N-ethyl adjacent to an activating group) is 1. The van der Waals surface area contributed by atoms with Crippen LogP contribution in [0.25, 0.3) is 10.9 Å². The maximum atomic E-state index is 12.1. The molecule has 0 spiro atoms. The van der Waals surface area contributed by atoms with Gasteiger partial charge in [-0.3, -0.25) is 14.7 Å². The fraction of sp³-hybridized carbons (Fsp3) is 0.375. The second kappa shape index (κ2) is 6.48. The van der Waals surface area contributed by atoms with E-state index in [2.05, 4.69) is 29.0 Å². The zero-order valence-corrected chi connectivity index (χ0v) is 12.3. The summed E-state index contributed by atoms with van der Waals surface area (Å²) in [6, 6.07) is 9.77. The van der Waals surface area contributed by atoms with Gasteiger partial charge in [-0.2, -0.15) is 0 Å². The van der Waals surface area contributed by atoms with Gasteiger partial charge in [0, 0.05) is 11.1 Å². The number of aryl methyl sites for hydroxylation is 1. The molecule has 0 fully saturated rings. The smallest absolute Gasteiger partial charge is 0.238 e. The first-order valence-corrected chi connectivity index (χ1v) is 7.02. The Balaban J connectivity index is 2.23. The summed E-state index contributed by atoms with van der Waals surface area (Å²) in [6.07, 6.45) is 0. The number of aromatic nitrogens is 1. The van der Waals surface area contributed by atoms with Crippen LogP contribution < -0.4 is 5.32 Å². The molecule has 0 aliphatic rings. The topological polar surface area (TPSA) is 45.2 Å². The maximum Gasteiger partial charge on any atom is 0.238 e. The summed E-state index contributed by atoms with van der Waals surface area (Å²) in [5.41, 5.74) is 2.65. The van der Waals surface area contributed by atoms with Crippen LogP contribution in [-0.4, -0.2) is 35.4 Å². The van der Waals surface area contributed by atoms with Gasteiger partial charge in [-0.1, -0.05) is 32.0 Å². The van der Waals surface area contributed by atoms with Crippen LogP contribution in [0.1, 0.15) is 19.5 Å². The second-order valence-electron chi connectivity index (χ2n) is 4.84. The van der Waals surface area contributed by atoms with Crippen molar-refractivity contribution in [2.24, 2.45) is 0 Å². The highest BCUT2D eigenvalue weighted by Crippen LogP contribution is 2.22. The van der Waals surface area contributed by atoms with Crippen LogP contribution >= 0.6 is 0 Å². The number of amides is 1. The predicted octanol–water partition coefficient (Wildman–Crippen LogP) is 2.82. The standard InChI is InChI=1S/C16H21N3O/c1-4-19(5-2)11-16(20)18-15-10-12(3)17-14-9-7-6-8-13(14)15/h6-10H,4-5,11H2,1-3H3,(H,17,18,20).